The topological polar surface area (TPSA) is 80.9 Å². The van der Waals surface area contributed by atoms with E-state index in [1.807, 2.05) is 25.1 Å². The Hall–Kier alpha value is -1.76. The summed E-state index contributed by atoms with van der Waals surface area (Å²) in [6.45, 7) is 5.47. The van der Waals surface area contributed by atoms with Crippen molar-refractivity contribution < 1.29 is 9.90 Å². The molecule has 0 fully saturated rings. The molecule has 0 unspecified atom stereocenters. The van der Waals surface area contributed by atoms with Crippen molar-refractivity contribution in [1.29, 1.82) is 0 Å². The summed E-state index contributed by atoms with van der Waals surface area (Å²) in [6, 6.07) is 5.85. The summed E-state index contributed by atoms with van der Waals surface area (Å²) < 4.78 is 2.45. The van der Waals surface area contributed by atoms with Crippen molar-refractivity contribution in [1.82, 2.24) is 20.2 Å². The monoisotopic (exact) mass is 338 g/mol. The summed E-state index contributed by atoms with van der Waals surface area (Å²) in [7, 11) is 0. The van der Waals surface area contributed by atoms with Gasteiger partial charge in [0.2, 0.25) is 0 Å². The van der Waals surface area contributed by atoms with Crippen LogP contribution in [0.15, 0.2) is 22.7 Å². The molecule has 20 heavy (non-hydrogen) atoms. The second kappa shape index (κ2) is 5.32. The molecule has 0 atom stereocenters. The van der Waals surface area contributed by atoms with Gasteiger partial charge in [-0.1, -0.05) is 15.9 Å². The lowest BCUT2D eigenvalue weighted by atomic mass is 9.94. The van der Waals surface area contributed by atoms with Crippen LogP contribution in [0.1, 0.15) is 19.4 Å². The fourth-order valence-electron chi connectivity index (χ4n) is 1.83. The van der Waals surface area contributed by atoms with Gasteiger partial charge < -0.3 is 5.11 Å². The van der Waals surface area contributed by atoms with Crippen LogP contribution in [0.3, 0.4) is 0 Å². The van der Waals surface area contributed by atoms with Crippen molar-refractivity contribution in [3.63, 3.8) is 0 Å². The number of rotatable bonds is 4. The summed E-state index contributed by atoms with van der Waals surface area (Å²) in [5, 5.41) is 20.8. The molecule has 0 aliphatic rings. The van der Waals surface area contributed by atoms with Crippen LogP contribution in [0.5, 0.6) is 0 Å². The SMILES string of the molecule is Cc1cc(Br)cc(-c2nnnn2CC(C)(C)C(=O)O)c1. The molecule has 1 heterocycles. The molecule has 1 aromatic heterocycles. The summed E-state index contributed by atoms with van der Waals surface area (Å²) in [6.07, 6.45) is 0. The lowest BCUT2D eigenvalue weighted by Gasteiger charge is -2.19. The smallest absolute Gasteiger partial charge is 0.310 e. The lowest BCUT2D eigenvalue weighted by Crippen LogP contribution is -2.30. The number of hydrogen-bond acceptors (Lipinski definition) is 4. The normalized spacial score (nSPS) is 11.6. The molecule has 2 rings (SSSR count). The Morgan fingerprint density at radius 2 is 2.10 bits per heavy atom. The number of halogens is 1. The molecule has 0 aliphatic heterocycles. The van der Waals surface area contributed by atoms with Gasteiger partial charge in [-0.15, -0.1) is 5.10 Å². The van der Waals surface area contributed by atoms with Crippen LogP contribution in [0.2, 0.25) is 0 Å². The van der Waals surface area contributed by atoms with Gasteiger partial charge in [0.1, 0.15) is 0 Å². The van der Waals surface area contributed by atoms with Gasteiger partial charge in [0, 0.05) is 10.0 Å². The van der Waals surface area contributed by atoms with Gasteiger partial charge >= 0.3 is 5.97 Å². The second-order valence-corrected chi connectivity index (χ2v) is 6.28. The first-order chi connectivity index (χ1) is 9.29. The highest BCUT2D eigenvalue weighted by Gasteiger charge is 2.29. The average molecular weight is 339 g/mol. The molecule has 0 amide bonds. The van der Waals surface area contributed by atoms with Crippen LogP contribution < -0.4 is 0 Å². The number of aromatic nitrogens is 4. The average Bonchev–Trinajstić information content (AvgIpc) is 2.74. The molecule has 2 aromatic rings. The number of carboxylic acids is 1. The highest BCUT2D eigenvalue weighted by atomic mass is 79.9. The van der Waals surface area contributed by atoms with E-state index in [2.05, 4.69) is 31.5 Å². The molecule has 0 bridgehead atoms. The van der Waals surface area contributed by atoms with E-state index in [0.717, 1.165) is 15.6 Å². The molecule has 0 saturated carbocycles. The maximum absolute atomic E-state index is 11.2. The van der Waals surface area contributed by atoms with Crippen molar-refractivity contribution in [2.24, 2.45) is 5.41 Å². The van der Waals surface area contributed by atoms with E-state index in [1.54, 1.807) is 13.8 Å². The summed E-state index contributed by atoms with van der Waals surface area (Å²) in [4.78, 5) is 11.2. The third-order valence-corrected chi connectivity index (χ3v) is 3.41. The number of nitrogens with zero attached hydrogens (tertiary/aromatic N) is 4. The molecule has 106 valence electrons. The Labute approximate surface area is 124 Å². The van der Waals surface area contributed by atoms with Crippen LogP contribution in [0.4, 0.5) is 0 Å². The van der Waals surface area contributed by atoms with Gasteiger partial charge in [0.15, 0.2) is 5.82 Å². The Kier molecular flexibility index (Phi) is 3.89. The fourth-order valence-corrected chi connectivity index (χ4v) is 2.43. The Bertz CT molecular complexity index is 631. The zero-order chi connectivity index (χ0) is 14.9. The quantitative estimate of drug-likeness (QED) is 0.926. The van der Waals surface area contributed by atoms with E-state index in [-0.39, 0.29) is 6.54 Å². The molecule has 6 nitrogen and oxygen atoms in total. The van der Waals surface area contributed by atoms with Crippen molar-refractivity contribution in [3.8, 4) is 11.4 Å². The molecule has 0 spiro atoms. The Balaban J connectivity index is 2.40. The summed E-state index contributed by atoms with van der Waals surface area (Å²) in [5.41, 5.74) is 0.982. The number of aryl methyl sites for hydroxylation is 1. The van der Waals surface area contributed by atoms with Crippen molar-refractivity contribution in [3.05, 3.63) is 28.2 Å². The zero-order valence-electron chi connectivity index (χ0n) is 11.5. The molecule has 1 aromatic carbocycles. The molecular formula is C13H15BrN4O2. The van der Waals surface area contributed by atoms with Crippen LogP contribution in [-0.2, 0) is 11.3 Å². The van der Waals surface area contributed by atoms with E-state index in [0.29, 0.717) is 5.82 Å². The summed E-state index contributed by atoms with van der Waals surface area (Å²) >= 11 is 3.44. The third kappa shape index (κ3) is 3.04. The molecule has 0 aliphatic carbocycles. The minimum Gasteiger partial charge on any atom is -0.481 e. The highest BCUT2D eigenvalue weighted by Crippen LogP contribution is 2.25. The van der Waals surface area contributed by atoms with Gasteiger partial charge in [-0.3, -0.25) is 4.79 Å². The highest BCUT2D eigenvalue weighted by molar-refractivity contribution is 9.10. The van der Waals surface area contributed by atoms with E-state index < -0.39 is 11.4 Å². The lowest BCUT2D eigenvalue weighted by molar-refractivity contribution is -0.147. The van der Waals surface area contributed by atoms with Crippen LogP contribution in [0.25, 0.3) is 11.4 Å². The first kappa shape index (κ1) is 14.6. The number of carboxylic acid groups (broad SMARTS) is 1. The Morgan fingerprint density at radius 3 is 2.70 bits per heavy atom. The second-order valence-electron chi connectivity index (χ2n) is 5.37. The predicted molar refractivity (Wildman–Crippen MR) is 77.1 cm³/mol. The molecule has 0 saturated heterocycles. The minimum atomic E-state index is -0.939. The van der Waals surface area contributed by atoms with Crippen molar-refractivity contribution in [2.45, 2.75) is 27.3 Å². The summed E-state index contributed by atoms with van der Waals surface area (Å²) in [5.74, 6) is -0.326. The third-order valence-electron chi connectivity index (χ3n) is 2.96. The number of hydrogen-bond donors (Lipinski definition) is 1. The van der Waals surface area contributed by atoms with Crippen molar-refractivity contribution >= 4 is 21.9 Å². The molecule has 0 radical (unpaired) electrons. The number of carbonyl (C=O) groups is 1. The van der Waals surface area contributed by atoms with E-state index in [4.69, 9.17) is 0 Å². The van der Waals surface area contributed by atoms with Gasteiger partial charge in [-0.25, -0.2) is 4.68 Å². The van der Waals surface area contributed by atoms with Crippen LogP contribution >= 0.6 is 15.9 Å². The predicted octanol–water partition coefficient (Wildman–Crippen LogP) is 2.52. The maximum atomic E-state index is 11.2. The fraction of sp³-hybridized carbons (Fsp3) is 0.385. The van der Waals surface area contributed by atoms with Gasteiger partial charge in [-0.2, -0.15) is 0 Å². The van der Waals surface area contributed by atoms with Gasteiger partial charge in [0.05, 0.1) is 12.0 Å². The Morgan fingerprint density at radius 1 is 1.40 bits per heavy atom. The molecule has 1 N–H and O–H groups in total. The van der Waals surface area contributed by atoms with E-state index in [9.17, 15) is 9.90 Å². The number of benzene rings is 1. The standard InChI is InChI=1S/C13H15BrN4O2/c1-8-4-9(6-10(14)5-8)11-15-16-17-18(11)7-13(2,3)12(19)20/h4-6H,7H2,1-3H3,(H,19,20). The number of tetrazole rings is 1. The van der Waals surface area contributed by atoms with Crippen LogP contribution in [0, 0.1) is 12.3 Å². The van der Waals surface area contributed by atoms with Gasteiger partial charge in [0.25, 0.3) is 0 Å². The van der Waals surface area contributed by atoms with Crippen molar-refractivity contribution in [2.75, 3.05) is 0 Å². The van der Waals surface area contributed by atoms with Crippen LogP contribution in [-0.4, -0.2) is 31.3 Å². The molecule has 7 heteroatoms. The first-order valence-electron chi connectivity index (χ1n) is 6.07. The minimum absolute atomic E-state index is 0.205. The molecular weight excluding hydrogens is 324 g/mol. The zero-order valence-corrected chi connectivity index (χ0v) is 13.0. The maximum Gasteiger partial charge on any atom is 0.310 e. The largest absolute Gasteiger partial charge is 0.481 e. The van der Waals surface area contributed by atoms with Gasteiger partial charge in [-0.05, 0) is 55.0 Å². The number of aliphatic carboxylic acids is 1. The van der Waals surface area contributed by atoms with E-state index >= 15 is 0 Å². The van der Waals surface area contributed by atoms with E-state index in [1.165, 1.54) is 4.68 Å². The first-order valence-corrected chi connectivity index (χ1v) is 6.86.